The summed E-state index contributed by atoms with van der Waals surface area (Å²) in [6, 6.07) is 9.59. The number of hydrogen-bond acceptors (Lipinski definition) is 7. The van der Waals surface area contributed by atoms with Gasteiger partial charge in [0.05, 0.1) is 17.3 Å². The van der Waals surface area contributed by atoms with Crippen molar-refractivity contribution in [1.82, 2.24) is 14.9 Å². The second-order valence-electron chi connectivity index (χ2n) is 7.08. The molecule has 0 saturated carbocycles. The zero-order valence-electron chi connectivity index (χ0n) is 15.4. The highest BCUT2D eigenvalue weighted by molar-refractivity contribution is 5.78. The first-order valence-corrected chi connectivity index (χ1v) is 9.00. The van der Waals surface area contributed by atoms with Crippen LogP contribution < -0.4 is 5.32 Å². The summed E-state index contributed by atoms with van der Waals surface area (Å²) in [5.41, 5.74) is 3.48. The van der Waals surface area contributed by atoms with Gasteiger partial charge in [-0.25, -0.2) is 4.98 Å². The Kier molecular flexibility index (Phi) is 4.42. The molecule has 1 saturated heterocycles. The van der Waals surface area contributed by atoms with Crippen LogP contribution in [0.4, 0.5) is 6.01 Å². The Hall–Kier alpha value is -3.11. The van der Waals surface area contributed by atoms with E-state index < -0.39 is 0 Å². The maximum absolute atomic E-state index is 10.3. The molecule has 0 aliphatic carbocycles. The molecule has 0 amide bonds. The number of anilines is 1. The van der Waals surface area contributed by atoms with Crippen LogP contribution in [0.3, 0.4) is 0 Å². The maximum atomic E-state index is 10.3. The number of aryl methyl sites for hydroxylation is 1. The van der Waals surface area contributed by atoms with Crippen LogP contribution in [0.2, 0.25) is 0 Å². The zero-order valence-corrected chi connectivity index (χ0v) is 15.4. The minimum absolute atomic E-state index is 0.0329. The molecule has 3 heterocycles. The number of likely N-dealkylation sites (N-methyl/N-ethyl adjacent to an activating group) is 1. The van der Waals surface area contributed by atoms with Gasteiger partial charge in [0.2, 0.25) is 5.65 Å². The summed E-state index contributed by atoms with van der Waals surface area (Å²) < 4.78 is 5.79. The van der Waals surface area contributed by atoms with Crippen LogP contribution in [0.25, 0.3) is 22.5 Å². The number of aromatic hydroxyl groups is 1. The third-order valence-corrected chi connectivity index (χ3v) is 4.91. The summed E-state index contributed by atoms with van der Waals surface area (Å²) in [5, 5.41) is 22.7. The molecule has 7 heteroatoms. The van der Waals surface area contributed by atoms with Gasteiger partial charge in [0.15, 0.2) is 5.58 Å². The number of rotatable bonds is 3. The van der Waals surface area contributed by atoms with Crippen molar-refractivity contribution in [2.24, 2.45) is 0 Å². The van der Waals surface area contributed by atoms with E-state index in [4.69, 9.17) is 9.68 Å². The molecule has 138 valence electrons. The molecule has 1 fully saturated rings. The molecule has 27 heavy (non-hydrogen) atoms. The van der Waals surface area contributed by atoms with Crippen LogP contribution in [0.15, 0.2) is 28.7 Å². The molecular weight excluding hydrogens is 342 g/mol. The van der Waals surface area contributed by atoms with E-state index in [1.54, 1.807) is 18.2 Å². The Labute approximate surface area is 157 Å². The number of nitrogens with one attached hydrogen (secondary N) is 1. The lowest BCUT2D eigenvalue weighted by molar-refractivity contribution is 0.259. The van der Waals surface area contributed by atoms with Crippen molar-refractivity contribution in [3.63, 3.8) is 0 Å². The van der Waals surface area contributed by atoms with Crippen molar-refractivity contribution in [2.45, 2.75) is 25.8 Å². The van der Waals surface area contributed by atoms with Gasteiger partial charge >= 0.3 is 0 Å². The van der Waals surface area contributed by atoms with Crippen molar-refractivity contribution in [3.05, 3.63) is 35.4 Å². The number of aromatic nitrogens is 2. The van der Waals surface area contributed by atoms with E-state index in [0.717, 1.165) is 31.5 Å². The van der Waals surface area contributed by atoms with Gasteiger partial charge in [-0.3, -0.25) is 0 Å². The van der Waals surface area contributed by atoms with Crippen molar-refractivity contribution in [2.75, 3.05) is 25.5 Å². The summed E-state index contributed by atoms with van der Waals surface area (Å²) in [6.07, 6.45) is 2.23. The highest BCUT2D eigenvalue weighted by Gasteiger charge is 2.20. The first-order valence-electron chi connectivity index (χ1n) is 9.00. The van der Waals surface area contributed by atoms with Crippen LogP contribution >= 0.6 is 0 Å². The fraction of sp³-hybridized carbons (Fsp3) is 0.350. The second-order valence-corrected chi connectivity index (χ2v) is 7.08. The number of hydrogen-bond donors (Lipinski definition) is 2. The number of piperidine rings is 1. The summed E-state index contributed by atoms with van der Waals surface area (Å²) in [7, 11) is 2.11. The van der Waals surface area contributed by atoms with Crippen molar-refractivity contribution < 1.29 is 9.52 Å². The predicted octanol–water partition coefficient (Wildman–Crippen LogP) is 3.28. The summed E-state index contributed by atoms with van der Waals surface area (Å²) in [4.78, 5) is 11.3. The molecule has 0 unspecified atom stereocenters. The lowest BCUT2D eigenvalue weighted by atomic mass is 10.0. The lowest BCUT2D eigenvalue weighted by Gasteiger charge is -2.29. The number of likely N-dealkylation sites (tertiary alicyclic amines) is 1. The topological polar surface area (TPSA) is 98.2 Å². The van der Waals surface area contributed by atoms with Crippen LogP contribution in [0.5, 0.6) is 5.75 Å². The molecule has 1 aliphatic rings. The number of phenolic OH excluding ortho intramolecular Hbond substituents is 1. The van der Waals surface area contributed by atoms with Gasteiger partial charge in [0.25, 0.3) is 6.01 Å². The normalized spacial score (nSPS) is 17.7. The van der Waals surface area contributed by atoms with Crippen LogP contribution in [-0.4, -0.2) is 46.2 Å². The van der Waals surface area contributed by atoms with Gasteiger partial charge in [0, 0.05) is 18.2 Å². The molecule has 1 aromatic carbocycles. The summed E-state index contributed by atoms with van der Waals surface area (Å²) in [6.45, 7) is 3.91. The Morgan fingerprint density at radius 2 is 2.19 bits per heavy atom. The fourth-order valence-electron chi connectivity index (χ4n) is 3.64. The number of pyridine rings is 1. The van der Waals surface area contributed by atoms with Gasteiger partial charge in [-0.2, -0.15) is 10.2 Å². The minimum atomic E-state index is 0.0329. The average molecular weight is 363 g/mol. The summed E-state index contributed by atoms with van der Waals surface area (Å²) >= 11 is 0. The average Bonchev–Trinajstić information content (AvgIpc) is 3.02. The molecule has 7 nitrogen and oxygen atoms in total. The Bertz CT molecular complexity index is 1010. The van der Waals surface area contributed by atoms with Gasteiger partial charge in [-0.15, -0.1) is 0 Å². The Balaban J connectivity index is 1.65. The summed E-state index contributed by atoms with van der Waals surface area (Å²) in [5.74, 6) is 0.0329. The largest absolute Gasteiger partial charge is 0.507 e. The van der Waals surface area contributed by atoms with Crippen LogP contribution in [0.1, 0.15) is 24.0 Å². The number of phenols is 1. The minimum Gasteiger partial charge on any atom is -0.507 e. The van der Waals surface area contributed by atoms with E-state index in [2.05, 4.69) is 27.2 Å². The second kappa shape index (κ2) is 6.89. The molecule has 2 aromatic heterocycles. The van der Waals surface area contributed by atoms with E-state index in [9.17, 15) is 5.11 Å². The molecular formula is C20H21N5O2. The highest BCUT2D eigenvalue weighted by atomic mass is 16.4. The Morgan fingerprint density at radius 1 is 1.33 bits per heavy atom. The number of fused-ring (bicyclic) bond motifs is 1. The van der Waals surface area contributed by atoms with Crippen LogP contribution in [-0.2, 0) is 0 Å². The third-order valence-electron chi connectivity index (χ3n) is 4.91. The molecule has 3 aromatic rings. The van der Waals surface area contributed by atoms with Crippen LogP contribution in [0, 0.1) is 18.3 Å². The van der Waals surface area contributed by atoms with E-state index in [0.29, 0.717) is 40.1 Å². The van der Waals surface area contributed by atoms with Crippen molar-refractivity contribution in [3.8, 4) is 23.1 Å². The molecule has 0 radical (unpaired) electrons. The van der Waals surface area contributed by atoms with Gasteiger partial charge < -0.3 is 19.7 Å². The van der Waals surface area contributed by atoms with Gasteiger partial charge in [0.1, 0.15) is 5.75 Å². The molecule has 0 bridgehead atoms. The maximum Gasteiger partial charge on any atom is 0.297 e. The number of oxazole rings is 1. The zero-order chi connectivity index (χ0) is 19.0. The van der Waals surface area contributed by atoms with E-state index >= 15 is 0 Å². The Morgan fingerprint density at radius 3 is 2.93 bits per heavy atom. The fourth-order valence-corrected chi connectivity index (χ4v) is 3.64. The van der Waals surface area contributed by atoms with Crippen molar-refractivity contribution in [1.29, 1.82) is 5.26 Å². The van der Waals surface area contributed by atoms with Gasteiger partial charge in [-0.1, -0.05) is 0 Å². The number of nitrogens with zero attached hydrogens (tertiary/aromatic N) is 4. The van der Waals surface area contributed by atoms with E-state index in [-0.39, 0.29) is 5.75 Å². The quantitative estimate of drug-likeness (QED) is 0.737. The molecule has 0 spiro atoms. The number of benzene rings is 1. The SMILES string of the molecule is Cc1cc(C#N)cc(O)c1-c1ccc2oc(N[C@@H]3CCCN(C)C3)nc2n1. The standard InChI is InChI=1S/C20H21N5O2/c1-12-8-13(10-21)9-16(26)18(12)15-5-6-17-19(23-15)24-20(27-17)22-14-4-3-7-25(2)11-14/h5-6,8-9,14,26H,3-4,7,11H2,1-2H3,(H,22,23,24)/t14-/m1/s1. The molecule has 4 rings (SSSR count). The highest BCUT2D eigenvalue weighted by Crippen LogP contribution is 2.33. The van der Waals surface area contributed by atoms with E-state index in [1.165, 1.54) is 6.07 Å². The number of nitriles is 1. The monoisotopic (exact) mass is 363 g/mol. The molecule has 1 aliphatic heterocycles. The molecule has 1 atom stereocenters. The molecule has 2 N–H and O–H groups in total. The third kappa shape index (κ3) is 3.44. The first kappa shape index (κ1) is 17.3. The predicted molar refractivity (Wildman–Crippen MR) is 102 cm³/mol. The lowest BCUT2D eigenvalue weighted by Crippen LogP contribution is -2.39. The van der Waals surface area contributed by atoms with E-state index in [1.807, 2.05) is 13.0 Å². The van der Waals surface area contributed by atoms with Gasteiger partial charge in [-0.05, 0) is 63.2 Å². The first-order chi connectivity index (χ1) is 13.0. The smallest absolute Gasteiger partial charge is 0.297 e. The van der Waals surface area contributed by atoms with Crippen molar-refractivity contribution >= 4 is 17.2 Å².